The lowest BCUT2D eigenvalue weighted by molar-refractivity contribution is -0.133. The molecule has 3 amide bonds. The highest BCUT2D eigenvalue weighted by Crippen LogP contribution is 2.39. The SMILES string of the molecule is CSc1ccc(CN(C)CN2C(=O)NC3(CCCc4ccccc43)C2=O)cc1. The van der Waals surface area contributed by atoms with Gasteiger partial charge in [0.15, 0.2) is 0 Å². The van der Waals surface area contributed by atoms with E-state index in [1.165, 1.54) is 9.80 Å². The number of fused-ring (bicyclic) bond motifs is 2. The second-order valence-corrected chi connectivity index (χ2v) is 8.46. The summed E-state index contributed by atoms with van der Waals surface area (Å²) >= 11 is 1.71. The third-order valence-corrected chi connectivity index (χ3v) is 6.39. The number of hydrogen-bond donors (Lipinski definition) is 1. The lowest BCUT2D eigenvalue weighted by atomic mass is 9.76. The first-order valence-corrected chi connectivity index (χ1v) is 10.8. The van der Waals surface area contributed by atoms with Gasteiger partial charge in [-0.1, -0.05) is 36.4 Å². The summed E-state index contributed by atoms with van der Waals surface area (Å²) in [7, 11) is 1.93. The molecule has 1 heterocycles. The van der Waals surface area contributed by atoms with Crippen molar-refractivity contribution >= 4 is 23.7 Å². The van der Waals surface area contributed by atoms with Crippen LogP contribution in [0.4, 0.5) is 4.79 Å². The highest BCUT2D eigenvalue weighted by molar-refractivity contribution is 7.98. The van der Waals surface area contributed by atoms with E-state index in [9.17, 15) is 9.59 Å². The third-order valence-electron chi connectivity index (χ3n) is 5.65. The summed E-state index contributed by atoms with van der Waals surface area (Å²) in [6.07, 6.45) is 4.56. The summed E-state index contributed by atoms with van der Waals surface area (Å²) < 4.78 is 0. The molecule has 5 nitrogen and oxygen atoms in total. The molecular weight excluding hydrogens is 370 g/mol. The number of nitrogens with zero attached hydrogens (tertiary/aromatic N) is 2. The van der Waals surface area contributed by atoms with Gasteiger partial charge in [0.2, 0.25) is 0 Å². The molecule has 0 bridgehead atoms. The predicted molar refractivity (Wildman–Crippen MR) is 111 cm³/mol. The maximum Gasteiger partial charge on any atom is 0.326 e. The smallest absolute Gasteiger partial charge is 0.319 e. The second kappa shape index (κ2) is 7.60. The minimum atomic E-state index is -0.896. The second-order valence-electron chi connectivity index (χ2n) is 7.58. The Morgan fingerprint density at radius 2 is 1.89 bits per heavy atom. The minimum absolute atomic E-state index is 0.130. The highest BCUT2D eigenvalue weighted by atomic mass is 32.2. The van der Waals surface area contributed by atoms with Gasteiger partial charge in [-0.15, -0.1) is 11.8 Å². The van der Waals surface area contributed by atoms with Crippen LogP contribution in [0.2, 0.25) is 0 Å². The molecule has 2 aromatic carbocycles. The van der Waals surface area contributed by atoms with Crippen LogP contribution in [-0.4, -0.2) is 41.7 Å². The third kappa shape index (κ3) is 3.31. The average Bonchev–Trinajstić information content (AvgIpc) is 2.94. The van der Waals surface area contributed by atoms with Gasteiger partial charge in [0, 0.05) is 11.4 Å². The number of urea groups is 1. The molecule has 28 heavy (non-hydrogen) atoms. The first kappa shape index (κ1) is 19.0. The van der Waals surface area contributed by atoms with E-state index in [0.29, 0.717) is 13.0 Å². The lowest BCUT2D eigenvalue weighted by Gasteiger charge is -2.33. The Morgan fingerprint density at radius 1 is 1.14 bits per heavy atom. The van der Waals surface area contributed by atoms with Gasteiger partial charge in [0.25, 0.3) is 5.91 Å². The summed E-state index contributed by atoms with van der Waals surface area (Å²) in [5.41, 5.74) is 2.38. The standard InChI is InChI=1S/C22H25N3O2S/c1-24(14-16-9-11-18(28-2)12-10-16)15-25-20(26)22(23-21(25)27)13-5-7-17-6-3-4-8-19(17)22/h3-4,6,8-12H,5,7,13-15H2,1-2H3,(H,23,27). The van der Waals surface area contributed by atoms with Gasteiger partial charge in [-0.2, -0.15) is 0 Å². The van der Waals surface area contributed by atoms with Gasteiger partial charge in [-0.25, -0.2) is 9.69 Å². The Kier molecular flexibility index (Phi) is 5.17. The average molecular weight is 396 g/mol. The molecule has 4 rings (SSSR count). The number of benzene rings is 2. The van der Waals surface area contributed by atoms with Gasteiger partial charge in [0.1, 0.15) is 5.54 Å². The monoisotopic (exact) mass is 395 g/mol. The van der Waals surface area contributed by atoms with E-state index in [1.807, 2.05) is 30.1 Å². The van der Waals surface area contributed by atoms with Crippen molar-refractivity contribution in [3.8, 4) is 0 Å². The molecule has 0 saturated carbocycles. The first-order chi connectivity index (χ1) is 13.5. The number of carbonyl (C=O) groups is 2. The van der Waals surface area contributed by atoms with Crippen LogP contribution in [0.5, 0.6) is 0 Å². The highest BCUT2D eigenvalue weighted by Gasteiger charge is 2.53. The van der Waals surface area contributed by atoms with Crippen LogP contribution in [0.3, 0.4) is 0 Å². The molecule has 0 aromatic heterocycles. The summed E-state index contributed by atoms with van der Waals surface area (Å²) in [6.45, 7) is 0.953. The van der Waals surface area contributed by atoms with Crippen molar-refractivity contribution in [3.63, 3.8) is 0 Å². The van der Waals surface area contributed by atoms with Crippen LogP contribution in [0.1, 0.15) is 29.5 Å². The van der Waals surface area contributed by atoms with E-state index in [4.69, 9.17) is 0 Å². The number of thioether (sulfide) groups is 1. The quantitative estimate of drug-likeness (QED) is 0.621. The van der Waals surface area contributed by atoms with Crippen LogP contribution in [0.25, 0.3) is 0 Å². The normalized spacial score (nSPS) is 21.3. The molecule has 1 fully saturated rings. The molecule has 2 aromatic rings. The van der Waals surface area contributed by atoms with Crippen molar-refractivity contribution in [1.82, 2.24) is 15.1 Å². The van der Waals surface area contributed by atoms with Gasteiger partial charge in [0.05, 0.1) is 6.67 Å². The first-order valence-electron chi connectivity index (χ1n) is 9.57. The summed E-state index contributed by atoms with van der Waals surface area (Å²) in [5, 5.41) is 3.02. The van der Waals surface area contributed by atoms with E-state index in [2.05, 4.69) is 41.9 Å². The molecule has 1 unspecified atom stereocenters. The van der Waals surface area contributed by atoms with Crippen molar-refractivity contribution in [3.05, 3.63) is 65.2 Å². The van der Waals surface area contributed by atoms with E-state index >= 15 is 0 Å². The molecule has 1 aliphatic carbocycles. The minimum Gasteiger partial charge on any atom is -0.319 e. The van der Waals surface area contributed by atoms with E-state index in [1.54, 1.807) is 11.8 Å². The van der Waals surface area contributed by atoms with Crippen molar-refractivity contribution in [2.45, 2.75) is 36.2 Å². The van der Waals surface area contributed by atoms with E-state index < -0.39 is 5.54 Å². The molecule has 146 valence electrons. The fourth-order valence-corrected chi connectivity index (χ4v) is 4.68. The number of amides is 3. The topological polar surface area (TPSA) is 52.6 Å². The zero-order valence-corrected chi connectivity index (χ0v) is 17.1. The zero-order valence-electron chi connectivity index (χ0n) is 16.3. The molecular formula is C22H25N3O2S. The number of hydrogen-bond acceptors (Lipinski definition) is 4. The Morgan fingerprint density at radius 3 is 2.64 bits per heavy atom. The maximum atomic E-state index is 13.3. The van der Waals surface area contributed by atoms with Crippen molar-refractivity contribution in [2.75, 3.05) is 20.0 Å². The number of rotatable bonds is 5. The molecule has 1 spiro atoms. The largest absolute Gasteiger partial charge is 0.326 e. The molecule has 1 aliphatic heterocycles. The van der Waals surface area contributed by atoms with Crippen molar-refractivity contribution in [2.24, 2.45) is 0 Å². The van der Waals surface area contributed by atoms with Crippen LogP contribution in [0, 0.1) is 0 Å². The Labute approximate surface area is 170 Å². The Bertz CT molecular complexity index is 899. The molecule has 6 heteroatoms. The van der Waals surface area contributed by atoms with Gasteiger partial charge < -0.3 is 5.32 Å². The predicted octanol–water partition coefficient (Wildman–Crippen LogP) is 3.58. The lowest BCUT2D eigenvalue weighted by Crippen LogP contribution is -2.47. The molecule has 2 aliphatic rings. The molecule has 1 atom stereocenters. The maximum absolute atomic E-state index is 13.3. The van der Waals surface area contributed by atoms with E-state index in [0.717, 1.165) is 29.5 Å². The summed E-state index contributed by atoms with van der Waals surface area (Å²) in [5.74, 6) is -0.130. The molecule has 1 N–H and O–H groups in total. The van der Waals surface area contributed by atoms with Crippen molar-refractivity contribution in [1.29, 1.82) is 0 Å². The number of nitrogens with one attached hydrogen (secondary N) is 1. The Hall–Kier alpha value is -2.31. The van der Waals surface area contributed by atoms with Crippen LogP contribution >= 0.6 is 11.8 Å². The van der Waals surface area contributed by atoms with Crippen molar-refractivity contribution < 1.29 is 9.59 Å². The van der Waals surface area contributed by atoms with Crippen LogP contribution in [0.15, 0.2) is 53.4 Å². The zero-order chi connectivity index (χ0) is 19.7. The Balaban J connectivity index is 1.50. The fourth-order valence-electron chi connectivity index (χ4n) is 4.27. The summed E-state index contributed by atoms with van der Waals surface area (Å²) in [4.78, 5) is 30.6. The fraction of sp³-hybridized carbons (Fsp3) is 0.364. The van der Waals surface area contributed by atoms with Crippen LogP contribution < -0.4 is 5.32 Å². The number of aryl methyl sites for hydroxylation is 1. The number of imide groups is 1. The van der Waals surface area contributed by atoms with Crippen LogP contribution in [-0.2, 0) is 23.3 Å². The van der Waals surface area contributed by atoms with Gasteiger partial charge in [-0.3, -0.25) is 9.69 Å². The molecule has 1 saturated heterocycles. The number of carbonyl (C=O) groups excluding carboxylic acids is 2. The van der Waals surface area contributed by atoms with Gasteiger partial charge in [-0.05, 0) is 61.4 Å². The molecule has 0 radical (unpaired) electrons. The summed E-state index contributed by atoms with van der Waals surface area (Å²) in [6, 6.07) is 16.0. The van der Waals surface area contributed by atoms with Gasteiger partial charge >= 0.3 is 6.03 Å². The van der Waals surface area contributed by atoms with E-state index in [-0.39, 0.29) is 18.6 Å².